The molecule has 0 aromatic carbocycles. The van der Waals surface area contributed by atoms with Crippen LogP contribution in [0, 0.1) is 34.5 Å². The van der Waals surface area contributed by atoms with Crippen LogP contribution >= 0.6 is 0 Å². The van der Waals surface area contributed by atoms with Crippen LogP contribution in [-0.4, -0.2) is 28.5 Å². The van der Waals surface area contributed by atoms with E-state index in [2.05, 4.69) is 34.3 Å². The first-order valence-corrected chi connectivity index (χ1v) is 11.4. The maximum atomic E-state index is 11.5. The molecule has 3 saturated carbocycles. The van der Waals surface area contributed by atoms with Crippen LogP contribution in [0.15, 0.2) is 12.2 Å². The van der Waals surface area contributed by atoms with Crippen molar-refractivity contribution in [3.05, 3.63) is 12.2 Å². The second-order valence-electron chi connectivity index (χ2n) is 11.1. The van der Waals surface area contributed by atoms with Gasteiger partial charge < -0.3 is 15.9 Å². The Morgan fingerprint density at radius 3 is 2.48 bits per heavy atom. The van der Waals surface area contributed by atoms with Gasteiger partial charge in [-0.2, -0.15) is 0 Å². The molecule has 0 radical (unpaired) electrons. The molecule has 0 aliphatic heterocycles. The molecule has 0 aromatic rings. The number of aliphatic hydroxyl groups excluding tert-OH is 2. The van der Waals surface area contributed by atoms with E-state index in [-0.39, 0.29) is 29.1 Å². The van der Waals surface area contributed by atoms with Crippen molar-refractivity contribution in [1.29, 1.82) is 0 Å². The van der Waals surface area contributed by atoms with Gasteiger partial charge in [0.15, 0.2) is 0 Å². The van der Waals surface area contributed by atoms with Gasteiger partial charge in [0.2, 0.25) is 0 Å². The summed E-state index contributed by atoms with van der Waals surface area (Å²) in [5.74, 6) is 1.69. The maximum Gasteiger partial charge on any atom is 0.0610 e. The molecule has 8 atom stereocenters. The van der Waals surface area contributed by atoms with Crippen molar-refractivity contribution >= 4 is 0 Å². The topological polar surface area (TPSA) is 66.5 Å². The minimum atomic E-state index is -0.243. The summed E-state index contributed by atoms with van der Waals surface area (Å²) >= 11 is 0. The first kappa shape index (κ1) is 21.3. The molecule has 0 aromatic heterocycles. The van der Waals surface area contributed by atoms with Crippen molar-refractivity contribution < 1.29 is 10.2 Å². The molecule has 4 N–H and O–H groups in total. The molecule has 3 aliphatic rings. The number of nitrogens with two attached hydrogens (primary N) is 1. The molecule has 0 bridgehead atoms. The molecule has 3 heteroatoms. The van der Waals surface area contributed by atoms with Gasteiger partial charge in [0, 0.05) is 6.04 Å². The van der Waals surface area contributed by atoms with E-state index in [1.807, 2.05) is 0 Å². The number of hydrogen-bond donors (Lipinski definition) is 3. The van der Waals surface area contributed by atoms with Gasteiger partial charge >= 0.3 is 0 Å². The van der Waals surface area contributed by atoms with Crippen LogP contribution in [0.2, 0.25) is 0 Å². The second-order valence-corrected chi connectivity index (χ2v) is 11.1. The zero-order chi connectivity index (χ0) is 20.0. The van der Waals surface area contributed by atoms with Gasteiger partial charge in [0.1, 0.15) is 0 Å². The first-order valence-electron chi connectivity index (χ1n) is 11.4. The third-order valence-electron chi connectivity index (χ3n) is 8.90. The summed E-state index contributed by atoms with van der Waals surface area (Å²) in [4.78, 5) is 0. The molecule has 3 aliphatic carbocycles. The Morgan fingerprint density at radius 2 is 1.81 bits per heavy atom. The number of fused-ring (bicyclic) bond motifs is 1. The van der Waals surface area contributed by atoms with Gasteiger partial charge in [-0.3, -0.25) is 0 Å². The van der Waals surface area contributed by atoms with Crippen LogP contribution < -0.4 is 5.73 Å². The van der Waals surface area contributed by atoms with E-state index in [4.69, 9.17) is 5.73 Å². The summed E-state index contributed by atoms with van der Waals surface area (Å²) in [6, 6.07) is 0.192. The highest BCUT2D eigenvalue weighted by atomic mass is 16.3. The summed E-state index contributed by atoms with van der Waals surface area (Å²) in [7, 11) is 0. The van der Waals surface area contributed by atoms with E-state index in [0.29, 0.717) is 23.7 Å². The van der Waals surface area contributed by atoms with Crippen LogP contribution in [-0.2, 0) is 0 Å². The molecule has 0 heterocycles. The second kappa shape index (κ2) is 7.80. The average molecular weight is 378 g/mol. The van der Waals surface area contributed by atoms with Crippen LogP contribution in [0.1, 0.15) is 85.5 Å². The lowest BCUT2D eigenvalue weighted by Gasteiger charge is -2.55. The van der Waals surface area contributed by atoms with Crippen LogP contribution in [0.4, 0.5) is 0 Å². The molecular formula is C24H43NO2. The highest BCUT2D eigenvalue weighted by molar-refractivity contribution is 5.21. The van der Waals surface area contributed by atoms with Crippen molar-refractivity contribution in [2.45, 2.75) is 104 Å². The van der Waals surface area contributed by atoms with Crippen molar-refractivity contribution in [3.63, 3.8) is 0 Å². The monoisotopic (exact) mass is 377 g/mol. The zero-order valence-electron chi connectivity index (χ0n) is 18.1. The van der Waals surface area contributed by atoms with E-state index in [9.17, 15) is 10.2 Å². The van der Waals surface area contributed by atoms with Crippen molar-refractivity contribution in [2.75, 3.05) is 0 Å². The average Bonchev–Trinajstić information content (AvgIpc) is 2.87. The van der Waals surface area contributed by atoms with E-state index in [1.165, 1.54) is 5.57 Å². The van der Waals surface area contributed by atoms with Gasteiger partial charge in [-0.05, 0) is 92.3 Å². The van der Waals surface area contributed by atoms with Gasteiger partial charge in [0.25, 0.3) is 0 Å². The Balaban J connectivity index is 1.80. The largest absolute Gasteiger partial charge is 0.393 e. The lowest BCUT2D eigenvalue weighted by atomic mass is 9.51. The molecule has 156 valence electrons. The molecule has 3 fully saturated rings. The predicted octanol–water partition coefficient (Wildman–Crippen LogP) is 4.66. The summed E-state index contributed by atoms with van der Waals surface area (Å²) < 4.78 is 0. The summed E-state index contributed by atoms with van der Waals surface area (Å²) in [6.45, 7) is 13.5. The van der Waals surface area contributed by atoms with Crippen molar-refractivity contribution in [1.82, 2.24) is 0 Å². The Hall–Kier alpha value is -0.380. The lowest BCUT2D eigenvalue weighted by molar-refractivity contribution is -0.121. The maximum absolute atomic E-state index is 11.5. The fourth-order valence-corrected chi connectivity index (χ4v) is 7.05. The number of hydrogen-bond acceptors (Lipinski definition) is 3. The summed E-state index contributed by atoms with van der Waals surface area (Å²) in [5, 5.41) is 21.8. The minimum absolute atomic E-state index is 0.0818. The standard InChI is InChI=1S/C24H43NO2/c1-15(2)12-18(25)13-17-14-19(26)8-10-24(17,5)21-9-11-23(4)16(3)6-7-20(23)22(21)27/h15,17-22,26-27H,3,6-14,25H2,1-2,4-5H3/t17-,18?,19-,20?,21?,22+,23-,24-/m0/s1. The Morgan fingerprint density at radius 1 is 1.11 bits per heavy atom. The number of aliphatic hydroxyl groups is 2. The minimum Gasteiger partial charge on any atom is -0.393 e. The highest BCUT2D eigenvalue weighted by Crippen LogP contribution is 2.61. The number of allylic oxidation sites excluding steroid dienone is 1. The zero-order valence-corrected chi connectivity index (χ0v) is 18.1. The Bertz CT molecular complexity index is 546. The lowest BCUT2D eigenvalue weighted by Crippen LogP contribution is -2.53. The summed E-state index contributed by atoms with van der Waals surface area (Å²) in [6.07, 6.45) is 8.69. The summed E-state index contributed by atoms with van der Waals surface area (Å²) in [5.41, 5.74) is 8.07. The molecule has 0 spiro atoms. The van der Waals surface area contributed by atoms with E-state index < -0.39 is 0 Å². The van der Waals surface area contributed by atoms with Crippen LogP contribution in [0.3, 0.4) is 0 Å². The Labute approximate surface area is 166 Å². The normalized spacial score (nSPS) is 46.5. The quantitative estimate of drug-likeness (QED) is 0.610. The third-order valence-corrected chi connectivity index (χ3v) is 8.90. The van der Waals surface area contributed by atoms with E-state index in [0.717, 1.165) is 57.8 Å². The van der Waals surface area contributed by atoms with E-state index in [1.54, 1.807) is 0 Å². The molecule has 3 rings (SSSR count). The van der Waals surface area contributed by atoms with E-state index >= 15 is 0 Å². The fraction of sp³-hybridized carbons (Fsp3) is 0.917. The van der Waals surface area contributed by atoms with Gasteiger partial charge in [0.05, 0.1) is 12.2 Å². The molecule has 0 saturated heterocycles. The smallest absolute Gasteiger partial charge is 0.0610 e. The van der Waals surface area contributed by atoms with Crippen LogP contribution in [0.5, 0.6) is 0 Å². The highest BCUT2D eigenvalue weighted by Gasteiger charge is 2.56. The number of rotatable bonds is 5. The molecule has 0 amide bonds. The van der Waals surface area contributed by atoms with Gasteiger partial charge in [-0.1, -0.05) is 39.8 Å². The van der Waals surface area contributed by atoms with Gasteiger partial charge in [-0.25, -0.2) is 0 Å². The molecular weight excluding hydrogens is 334 g/mol. The SMILES string of the molecule is C=C1CCC2[C@@H](O)C([C@@]3(C)CC[C@H](O)C[C@@H]3CC(N)CC(C)C)CC[C@@]12C. The van der Waals surface area contributed by atoms with Crippen molar-refractivity contribution in [2.24, 2.45) is 40.2 Å². The predicted molar refractivity (Wildman–Crippen MR) is 112 cm³/mol. The van der Waals surface area contributed by atoms with Crippen molar-refractivity contribution in [3.8, 4) is 0 Å². The first-order chi connectivity index (χ1) is 12.6. The molecule has 3 unspecified atom stereocenters. The van der Waals surface area contributed by atoms with Gasteiger partial charge in [-0.15, -0.1) is 0 Å². The molecule has 27 heavy (non-hydrogen) atoms. The third kappa shape index (κ3) is 3.89. The Kier molecular flexibility index (Phi) is 6.16. The fourth-order valence-electron chi connectivity index (χ4n) is 7.05. The molecule has 3 nitrogen and oxygen atoms in total. The van der Waals surface area contributed by atoms with Crippen LogP contribution in [0.25, 0.3) is 0 Å².